The van der Waals surface area contributed by atoms with Gasteiger partial charge >= 0.3 is 5.97 Å². The van der Waals surface area contributed by atoms with Crippen LogP contribution in [0, 0.1) is 0 Å². The lowest BCUT2D eigenvalue weighted by molar-refractivity contribution is 0.0695. The first-order chi connectivity index (χ1) is 17.3. The SMILES string of the molecule is COc1ccccc1S(=O)(=O)NCc1cccc(-n2ncc(C(=O)O)c2[C@@H]2C[C@H]2c2cn(C)nn2)c1. The third-order valence-corrected chi connectivity index (χ3v) is 7.60. The number of carboxylic acid groups (broad SMARTS) is 1. The molecule has 1 aliphatic rings. The van der Waals surface area contributed by atoms with Gasteiger partial charge in [0.05, 0.1) is 30.4 Å². The van der Waals surface area contributed by atoms with E-state index in [1.165, 1.54) is 19.4 Å². The topological polar surface area (TPSA) is 141 Å². The summed E-state index contributed by atoms with van der Waals surface area (Å²) >= 11 is 0. The van der Waals surface area contributed by atoms with E-state index in [4.69, 9.17) is 4.74 Å². The standard InChI is InChI=1S/C24H24N6O5S/c1-29-14-20(27-28-29)17-11-18(17)23-19(24(31)32)13-25-30(23)16-7-5-6-15(10-16)12-26-36(33,34)22-9-4-3-8-21(22)35-2/h3-10,13-14,17-18,26H,11-12H2,1-2H3,(H,31,32)/t17-,18-/m1/s1. The Kier molecular flexibility index (Phi) is 6.06. The lowest BCUT2D eigenvalue weighted by Gasteiger charge is -2.12. The Morgan fingerprint density at radius 1 is 1.19 bits per heavy atom. The highest BCUT2D eigenvalue weighted by Gasteiger charge is 2.46. The molecule has 0 radical (unpaired) electrons. The van der Waals surface area contributed by atoms with Crippen LogP contribution in [-0.4, -0.2) is 51.4 Å². The number of nitrogens with zero attached hydrogens (tertiary/aromatic N) is 5. The minimum absolute atomic E-state index is 0.0300. The van der Waals surface area contributed by atoms with E-state index < -0.39 is 16.0 Å². The van der Waals surface area contributed by atoms with Gasteiger partial charge in [-0.05, 0) is 36.2 Å². The molecule has 0 amide bonds. The van der Waals surface area contributed by atoms with Gasteiger partial charge in [-0.3, -0.25) is 4.68 Å². The number of nitrogens with one attached hydrogen (secondary N) is 1. The monoisotopic (exact) mass is 508 g/mol. The smallest absolute Gasteiger partial charge is 0.339 e. The fourth-order valence-corrected chi connectivity index (χ4v) is 5.53. The number of aryl methyl sites for hydroxylation is 1. The van der Waals surface area contributed by atoms with Crippen molar-refractivity contribution in [3.63, 3.8) is 0 Å². The molecule has 12 heteroatoms. The maximum absolute atomic E-state index is 12.9. The van der Waals surface area contributed by atoms with E-state index >= 15 is 0 Å². The second kappa shape index (κ2) is 9.21. The normalized spacial score (nSPS) is 17.2. The second-order valence-electron chi connectivity index (χ2n) is 8.57. The van der Waals surface area contributed by atoms with Crippen molar-refractivity contribution in [2.45, 2.75) is 29.7 Å². The molecule has 2 atom stereocenters. The average Bonchev–Trinajstić information content (AvgIpc) is 3.32. The zero-order valence-corrected chi connectivity index (χ0v) is 20.4. The molecule has 11 nitrogen and oxygen atoms in total. The number of aromatic nitrogens is 5. The number of hydrogen-bond acceptors (Lipinski definition) is 7. The Labute approximate surface area is 207 Å². The molecule has 1 aliphatic carbocycles. The highest BCUT2D eigenvalue weighted by Crippen LogP contribution is 2.55. The van der Waals surface area contributed by atoms with Gasteiger partial charge in [0.25, 0.3) is 0 Å². The molecule has 0 spiro atoms. The van der Waals surface area contributed by atoms with Gasteiger partial charge in [0.1, 0.15) is 16.2 Å². The summed E-state index contributed by atoms with van der Waals surface area (Å²) in [6.07, 6.45) is 3.92. The van der Waals surface area contributed by atoms with Crippen LogP contribution in [0.5, 0.6) is 5.75 Å². The second-order valence-corrected chi connectivity index (χ2v) is 10.3. The summed E-state index contributed by atoms with van der Waals surface area (Å²) in [4.78, 5) is 12.0. The van der Waals surface area contributed by atoms with Crippen molar-refractivity contribution >= 4 is 16.0 Å². The van der Waals surface area contributed by atoms with E-state index in [1.54, 1.807) is 58.9 Å². The predicted molar refractivity (Wildman–Crippen MR) is 129 cm³/mol. The van der Waals surface area contributed by atoms with E-state index in [-0.39, 0.29) is 34.6 Å². The molecular formula is C24H24N6O5S. The third-order valence-electron chi connectivity index (χ3n) is 6.16. The first kappa shape index (κ1) is 23.7. The van der Waals surface area contributed by atoms with Gasteiger partial charge in [0, 0.05) is 31.6 Å². The molecule has 2 aromatic heterocycles. The largest absolute Gasteiger partial charge is 0.495 e. The Morgan fingerprint density at radius 3 is 2.72 bits per heavy atom. The predicted octanol–water partition coefficient (Wildman–Crippen LogP) is 2.46. The van der Waals surface area contributed by atoms with Gasteiger partial charge < -0.3 is 9.84 Å². The van der Waals surface area contributed by atoms with E-state index in [1.807, 2.05) is 6.20 Å². The molecule has 0 unspecified atom stereocenters. The number of methoxy groups -OCH3 is 1. The molecule has 2 N–H and O–H groups in total. The number of carbonyl (C=O) groups is 1. The highest BCUT2D eigenvalue weighted by molar-refractivity contribution is 7.89. The average molecular weight is 509 g/mol. The van der Waals surface area contributed by atoms with Crippen molar-refractivity contribution in [1.29, 1.82) is 0 Å². The van der Waals surface area contributed by atoms with Crippen LogP contribution in [0.15, 0.2) is 65.8 Å². The van der Waals surface area contributed by atoms with Crippen LogP contribution < -0.4 is 9.46 Å². The summed E-state index contributed by atoms with van der Waals surface area (Å²) in [6.45, 7) is 0.0300. The number of aromatic carboxylic acids is 1. The van der Waals surface area contributed by atoms with Gasteiger partial charge in [0.15, 0.2) is 0 Å². The molecule has 186 valence electrons. The van der Waals surface area contributed by atoms with Crippen LogP contribution in [0.25, 0.3) is 5.69 Å². The van der Waals surface area contributed by atoms with E-state index in [9.17, 15) is 18.3 Å². The zero-order valence-electron chi connectivity index (χ0n) is 19.6. The molecule has 5 rings (SSSR count). The lowest BCUT2D eigenvalue weighted by atomic mass is 10.1. The Bertz CT molecular complexity index is 1540. The third kappa shape index (κ3) is 4.48. The quantitative estimate of drug-likeness (QED) is 0.351. The molecule has 1 saturated carbocycles. The van der Waals surface area contributed by atoms with Crippen molar-refractivity contribution in [1.82, 2.24) is 29.5 Å². The Morgan fingerprint density at radius 2 is 2.00 bits per heavy atom. The van der Waals surface area contributed by atoms with Crippen molar-refractivity contribution in [2.75, 3.05) is 7.11 Å². The number of para-hydroxylation sites is 1. The minimum atomic E-state index is -3.82. The number of benzene rings is 2. The van der Waals surface area contributed by atoms with Gasteiger partial charge in [-0.15, -0.1) is 5.10 Å². The fourth-order valence-electron chi connectivity index (χ4n) is 4.34. The molecule has 36 heavy (non-hydrogen) atoms. The fraction of sp³-hybridized carbons (Fsp3) is 0.250. The van der Waals surface area contributed by atoms with Crippen LogP contribution in [0.3, 0.4) is 0 Å². The molecule has 0 bridgehead atoms. The van der Waals surface area contributed by atoms with E-state index in [0.29, 0.717) is 16.9 Å². The van der Waals surface area contributed by atoms with Crippen LogP contribution in [0.2, 0.25) is 0 Å². The van der Waals surface area contributed by atoms with Gasteiger partial charge in [0.2, 0.25) is 10.0 Å². The molecule has 2 heterocycles. The maximum Gasteiger partial charge on any atom is 0.339 e. The molecule has 1 fully saturated rings. The van der Waals surface area contributed by atoms with Crippen molar-refractivity contribution in [2.24, 2.45) is 7.05 Å². The zero-order chi connectivity index (χ0) is 25.4. The summed E-state index contributed by atoms with van der Waals surface area (Å²) in [5.41, 5.74) is 2.85. The summed E-state index contributed by atoms with van der Waals surface area (Å²) in [5.74, 6) is -0.809. The Hall–Kier alpha value is -4.03. The van der Waals surface area contributed by atoms with Gasteiger partial charge in [-0.25, -0.2) is 22.6 Å². The summed E-state index contributed by atoms with van der Waals surface area (Å²) in [5, 5.41) is 22.3. The van der Waals surface area contributed by atoms with Gasteiger partial charge in [-0.2, -0.15) is 5.10 Å². The van der Waals surface area contributed by atoms with Crippen molar-refractivity contribution in [3.05, 3.63) is 83.4 Å². The molecule has 4 aromatic rings. The van der Waals surface area contributed by atoms with Crippen LogP contribution in [0.1, 0.15) is 45.6 Å². The molecular weight excluding hydrogens is 484 g/mol. The number of sulfonamides is 1. The van der Waals surface area contributed by atoms with Crippen LogP contribution >= 0.6 is 0 Å². The first-order valence-electron chi connectivity index (χ1n) is 11.2. The summed E-state index contributed by atoms with van der Waals surface area (Å²) in [6, 6.07) is 13.5. The van der Waals surface area contributed by atoms with E-state index in [0.717, 1.165) is 12.1 Å². The van der Waals surface area contributed by atoms with Crippen LogP contribution in [0.4, 0.5) is 0 Å². The van der Waals surface area contributed by atoms with Crippen molar-refractivity contribution < 1.29 is 23.1 Å². The first-order valence-corrected chi connectivity index (χ1v) is 12.7. The Balaban J connectivity index is 1.41. The molecule has 2 aromatic carbocycles. The number of carboxylic acids is 1. The van der Waals surface area contributed by atoms with E-state index in [2.05, 4.69) is 20.1 Å². The van der Waals surface area contributed by atoms with Crippen LogP contribution in [-0.2, 0) is 23.6 Å². The minimum Gasteiger partial charge on any atom is -0.495 e. The number of ether oxygens (including phenoxy) is 1. The number of rotatable bonds is 9. The number of hydrogen-bond donors (Lipinski definition) is 2. The van der Waals surface area contributed by atoms with Gasteiger partial charge in [-0.1, -0.05) is 29.5 Å². The van der Waals surface area contributed by atoms with Crippen molar-refractivity contribution in [3.8, 4) is 11.4 Å². The maximum atomic E-state index is 12.9. The molecule has 0 aliphatic heterocycles. The summed E-state index contributed by atoms with van der Waals surface area (Å²) in [7, 11) is -0.621. The molecule has 0 saturated heterocycles. The summed E-state index contributed by atoms with van der Waals surface area (Å²) < 4.78 is 36.7. The lowest BCUT2D eigenvalue weighted by Crippen LogP contribution is -2.23. The highest BCUT2D eigenvalue weighted by atomic mass is 32.2.